The Kier molecular flexibility index (Phi) is 7.91. The highest BCUT2D eigenvalue weighted by Crippen LogP contribution is 2.37. The first-order chi connectivity index (χ1) is 14.6. The smallest absolute Gasteiger partial charge is 0.416 e. The van der Waals surface area contributed by atoms with Crippen LogP contribution in [0.2, 0.25) is 0 Å². The molecule has 1 N–H and O–H groups in total. The van der Waals surface area contributed by atoms with E-state index < -0.39 is 17.7 Å². The minimum absolute atomic E-state index is 0.0359. The number of aromatic hydroxyl groups is 1. The molecule has 0 aromatic heterocycles. The number of alkyl halides is 3. The molecule has 0 amide bonds. The van der Waals surface area contributed by atoms with E-state index in [1.54, 1.807) is 19.1 Å². The molecule has 0 atom stereocenters. The molecule has 2 rings (SSSR count). The normalized spacial score (nSPS) is 11.5. The number of halogens is 3. The average molecular weight is 434 g/mol. The molecule has 0 bridgehead atoms. The second kappa shape index (κ2) is 10.2. The van der Waals surface area contributed by atoms with Gasteiger partial charge < -0.3 is 14.6 Å². The van der Waals surface area contributed by atoms with Crippen LogP contribution in [0.25, 0.3) is 12.2 Å². The summed E-state index contributed by atoms with van der Waals surface area (Å²) in [4.78, 5) is 12.4. The topological polar surface area (TPSA) is 55.8 Å². The zero-order valence-corrected chi connectivity index (χ0v) is 17.8. The van der Waals surface area contributed by atoms with Gasteiger partial charge in [0.15, 0.2) is 0 Å². The Bertz CT molecular complexity index is 983. The van der Waals surface area contributed by atoms with Gasteiger partial charge in [-0.2, -0.15) is 13.2 Å². The molecule has 0 aliphatic rings. The van der Waals surface area contributed by atoms with E-state index in [4.69, 9.17) is 9.47 Å². The first-order valence-corrected chi connectivity index (χ1v) is 9.67. The molecular formula is C24H25F3O4. The molecule has 0 fully saturated rings. The molecule has 0 aliphatic carbocycles. The van der Waals surface area contributed by atoms with Gasteiger partial charge in [0.05, 0.1) is 19.3 Å². The Labute approximate surface area is 179 Å². The quantitative estimate of drug-likeness (QED) is 0.317. The van der Waals surface area contributed by atoms with Crippen LogP contribution in [0.15, 0.2) is 42.0 Å². The number of carbonyl (C=O) groups excluding carboxylic acids is 1. The lowest BCUT2D eigenvalue weighted by molar-refractivity contribution is -0.137. The van der Waals surface area contributed by atoms with Crippen molar-refractivity contribution in [3.05, 3.63) is 69.8 Å². The molecule has 0 unspecified atom stereocenters. The number of ether oxygens (including phenoxy) is 2. The molecule has 0 saturated carbocycles. The maximum Gasteiger partial charge on any atom is 0.416 e. The van der Waals surface area contributed by atoms with E-state index in [1.807, 2.05) is 19.9 Å². The lowest BCUT2D eigenvalue weighted by Gasteiger charge is -2.16. The number of phenols is 1. The number of methoxy groups -OCH3 is 1. The minimum Gasteiger partial charge on any atom is -0.507 e. The van der Waals surface area contributed by atoms with Crippen LogP contribution in [0.4, 0.5) is 13.2 Å². The van der Waals surface area contributed by atoms with Crippen LogP contribution < -0.4 is 4.74 Å². The Morgan fingerprint density at radius 1 is 1.13 bits per heavy atom. The molecule has 2 aromatic carbocycles. The van der Waals surface area contributed by atoms with E-state index in [0.29, 0.717) is 35.5 Å². The number of hydrogen-bond acceptors (Lipinski definition) is 4. The average Bonchev–Trinajstić information content (AvgIpc) is 2.71. The fourth-order valence-corrected chi connectivity index (χ4v) is 2.91. The zero-order chi connectivity index (χ0) is 23.2. The van der Waals surface area contributed by atoms with Crippen molar-refractivity contribution in [1.82, 2.24) is 0 Å². The number of hydrogen-bond donors (Lipinski definition) is 1. The van der Waals surface area contributed by atoms with E-state index in [2.05, 4.69) is 0 Å². The van der Waals surface area contributed by atoms with E-state index in [0.717, 1.165) is 17.7 Å². The summed E-state index contributed by atoms with van der Waals surface area (Å²) in [6.07, 6.45) is 0.918. The Balaban J connectivity index is 2.55. The first-order valence-electron chi connectivity index (χ1n) is 9.67. The van der Waals surface area contributed by atoms with Gasteiger partial charge in [-0.1, -0.05) is 35.9 Å². The van der Waals surface area contributed by atoms with Gasteiger partial charge in [0.1, 0.15) is 17.1 Å². The number of phenolic OH excluding ortho intramolecular Hbond substituents is 1. The van der Waals surface area contributed by atoms with Gasteiger partial charge in [-0.25, -0.2) is 4.79 Å². The molecule has 7 heteroatoms. The van der Waals surface area contributed by atoms with Crippen LogP contribution in [-0.4, -0.2) is 24.8 Å². The molecule has 0 saturated heterocycles. The minimum atomic E-state index is -4.42. The number of benzene rings is 2. The fourth-order valence-electron chi connectivity index (χ4n) is 2.91. The van der Waals surface area contributed by atoms with Gasteiger partial charge in [0.25, 0.3) is 0 Å². The maximum atomic E-state index is 12.7. The van der Waals surface area contributed by atoms with Crippen molar-refractivity contribution >= 4 is 18.1 Å². The molecule has 0 heterocycles. The number of carbonyl (C=O) groups is 1. The van der Waals surface area contributed by atoms with Crippen molar-refractivity contribution < 1.29 is 32.5 Å². The second-order valence-electron chi connectivity index (χ2n) is 7.03. The van der Waals surface area contributed by atoms with Crippen molar-refractivity contribution in [2.75, 3.05) is 13.7 Å². The van der Waals surface area contributed by atoms with Crippen molar-refractivity contribution in [2.24, 2.45) is 0 Å². The summed E-state index contributed by atoms with van der Waals surface area (Å²) in [5.74, 6) is -0.564. The van der Waals surface area contributed by atoms with Crippen molar-refractivity contribution in [1.29, 1.82) is 0 Å². The van der Waals surface area contributed by atoms with Crippen LogP contribution in [0.5, 0.6) is 11.5 Å². The third-order valence-electron chi connectivity index (χ3n) is 4.49. The Morgan fingerprint density at radius 2 is 1.77 bits per heavy atom. The molecule has 0 radical (unpaired) electrons. The van der Waals surface area contributed by atoms with E-state index >= 15 is 0 Å². The van der Waals surface area contributed by atoms with E-state index in [1.165, 1.54) is 25.3 Å². The summed E-state index contributed by atoms with van der Waals surface area (Å²) in [7, 11) is 1.21. The highest BCUT2D eigenvalue weighted by Gasteiger charge is 2.29. The number of esters is 1. The van der Waals surface area contributed by atoms with Crippen LogP contribution in [0, 0.1) is 0 Å². The monoisotopic (exact) mass is 434 g/mol. The van der Waals surface area contributed by atoms with Crippen LogP contribution in [0.1, 0.15) is 53.4 Å². The summed E-state index contributed by atoms with van der Waals surface area (Å²) in [5.41, 5.74) is 1.53. The van der Waals surface area contributed by atoms with Gasteiger partial charge in [-0.15, -0.1) is 0 Å². The van der Waals surface area contributed by atoms with E-state index in [-0.39, 0.29) is 11.3 Å². The van der Waals surface area contributed by atoms with Crippen molar-refractivity contribution in [3.63, 3.8) is 0 Å². The Morgan fingerprint density at radius 3 is 2.29 bits per heavy atom. The molecule has 166 valence electrons. The summed E-state index contributed by atoms with van der Waals surface area (Å²) < 4.78 is 48.7. The zero-order valence-electron chi connectivity index (χ0n) is 17.8. The number of allylic oxidation sites excluding steroid dienone is 2. The number of rotatable bonds is 7. The lowest BCUT2D eigenvalue weighted by Crippen LogP contribution is -2.08. The maximum absolute atomic E-state index is 12.7. The van der Waals surface area contributed by atoms with Gasteiger partial charge in [0.2, 0.25) is 0 Å². The van der Waals surface area contributed by atoms with Crippen LogP contribution in [-0.2, 0) is 17.3 Å². The SMILES string of the molecule is CCOc1cc(C=Cc2ccc(C(F)(F)F)cc2)c(C(=O)OC)c(O)c1CC=C(C)C. The van der Waals surface area contributed by atoms with Crippen LogP contribution >= 0.6 is 0 Å². The fraction of sp³-hybridized carbons (Fsp3) is 0.292. The Hall–Kier alpha value is -3.22. The summed E-state index contributed by atoms with van der Waals surface area (Å²) >= 11 is 0. The highest BCUT2D eigenvalue weighted by atomic mass is 19.4. The van der Waals surface area contributed by atoms with Crippen LogP contribution in [0.3, 0.4) is 0 Å². The third kappa shape index (κ3) is 6.13. The molecule has 2 aromatic rings. The third-order valence-corrected chi connectivity index (χ3v) is 4.49. The van der Waals surface area contributed by atoms with Gasteiger partial charge in [-0.3, -0.25) is 0 Å². The predicted octanol–water partition coefficient (Wildman–Crippen LogP) is 6.28. The lowest BCUT2D eigenvalue weighted by atomic mass is 9.97. The summed E-state index contributed by atoms with van der Waals surface area (Å²) in [6.45, 7) is 5.98. The molecule has 31 heavy (non-hydrogen) atoms. The van der Waals surface area contributed by atoms with Crippen molar-refractivity contribution in [2.45, 2.75) is 33.4 Å². The van der Waals surface area contributed by atoms with Gasteiger partial charge in [0, 0.05) is 5.56 Å². The summed E-state index contributed by atoms with van der Waals surface area (Å²) in [5, 5.41) is 10.8. The molecule has 0 aliphatic heterocycles. The largest absolute Gasteiger partial charge is 0.507 e. The van der Waals surface area contributed by atoms with Gasteiger partial charge >= 0.3 is 12.1 Å². The predicted molar refractivity (Wildman–Crippen MR) is 114 cm³/mol. The molecule has 0 spiro atoms. The molecular weight excluding hydrogens is 409 g/mol. The second-order valence-corrected chi connectivity index (χ2v) is 7.03. The van der Waals surface area contributed by atoms with E-state index in [9.17, 15) is 23.1 Å². The first kappa shape index (κ1) is 24.1. The highest BCUT2D eigenvalue weighted by molar-refractivity contribution is 5.98. The standard InChI is InChI=1S/C24H25F3O4/c1-5-31-20-14-17(10-7-16-8-11-18(12-9-16)24(25,26)27)21(23(29)30-4)22(28)19(20)13-6-15(2)3/h6-12,14,28H,5,13H2,1-4H3. The summed E-state index contributed by atoms with van der Waals surface area (Å²) in [6, 6.07) is 6.22. The molecule has 4 nitrogen and oxygen atoms in total. The van der Waals surface area contributed by atoms with Gasteiger partial charge in [-0.05, 0) is 56.5 Å². The van der Waals surface area contributed by atoms with Crippen molar-refractivity contribution in [3.8, 4) is 11.5 Å².